The minimum absolute atomic E-state index is 0.143. The molecule has 0 atom stereocenters. The van der Waals surface area contributed by atoms with Gasteiger partial charge in [0, 0.05) is 18.9 Å². The number of carboxylic acid groups (broad SMARTS) is 1. The van der Waals surface area contributed by atoms with Crippen molar-refractivity contribution in [1.29, 1.82) is 0 Å². The second-order valence-corrected chi connectivity index (χ2v) is 6.35. The van der Waals surface area contributed by atoms with Crippen molar-refractivity contribution in [2.45, 2.75) is 0 Å². The van der Waals surface area contributed by atoms with Gasteiger partial charge in [0.1, 0.15) is 0 Å². The van der Waals surface area contributed by atoms with Crippen LogP contribution in [0.4, 0.5) is 5.69 Å². The van der Waals surface area contributed by atoms with Gasteiger partial charge in [-0.25, -0.2) is 9.79 Å². The summed E-state index contributed by atoms with van der Waals surface area (Å²) >= 11 is 1.24. The van der Waals surface area contributed by atoms with Crippen LogP contribution in [0.15, 0.2) is 71.3 Å². The number of aromatic carboxylic acids is 1. The molecule has 7 heteroatoms. The lowest BCUT2D eigenvalue weighted by atomic mass is 10.2. The van der Waals surface area contributed by atoms with Crippen LogP contribution in [0.2, 0.25) is 0 Å². The van der Waals surface area contributed by atoms with Gasteiger partial charge in [-0.15, -0.1) is 6.58 Å². The molecule has 0 bridgehead atoms. The zero-order valence-electron chi connectivity index (χ0n) is 13.7. The zero-order chi connectivity index (χ0) is 18.5. The lowest BCUT2D eigenvalue weighted by Gasteiger charge is -2.12. The molecule has 0 unspecified atom stereocenters. The highest BCUT2D eigenvalue weighted by Gasteiger charge is 2.32. The number of carbonyl (C=O) groups is 2. The predicted octanol–water partition coefficient (Wildman–Crippen LogP) is 3.57. The molecule has 1 N–H and O–H groups in total. The number of thioether (sulfide) groups is 1. The van der Waals surface area contributed by atoms with Gasteiger partial charge in [-0.1, -0.05) is 12.1 Å². The molecular weight excluding hydrogens is 350 g/mol. The van der Waals surface area contributed by atoms with Gasteiger partial charge >= 0.3 is 5.97 Å². The van der Waals surface area contributed by atoms with E-state index in [0.717, 1.165) is 5.56 Å². The van der Waals surface area contributed by atoms with Crippen LogP contribution in [0.1, 0.15) is 15.9 Å². The minimum Gasteiger partial charge on any atom is -0.478 e. The third-order valence-corrected chi connectivity index (χ3v) is 4.53. The summed E-state index contributed by atoms with van der Waals surface area (Å²) in [7, 11) is 0. The number of aliphatic imine (C=N–C) groups is 1. The van der Waals surface area contributed by atoms with Crippen LogP contribution < -0.4 is 0 Å². The SMILES string of the molecule is C=CCN1C(=O)/C(=C/c2ccncc2)SC1=Nc1cccc(C(=O)O)c1. The lowest BCUT2D eigenvalue weighted by molar-refractivity contribution is -0.121. The van der Waals surface area contributed by atoms with Crippen molar-refractivity contribution in [2.24, 2.45) is 4.99 Å². The summed E-state index contributed by atoms with van der Waals surface area (Å²) < 4.78 is 0. The Kier molecular flexibility index (Phi) is 5.28. The van der Waals surface area contributed by atoms with Crippen LogP contribution in [-0.2, 0) is 4.79 Å². The maximum absolute atomic E-state index is 12.7. The van der Waals surface area contributed by atoms with E-state index in [9.17, 15) is 9.59 Å². The van der Waals surface area contributed by atoms with E-state index >= 15 is 0 Å². The fraction of sp³-hybridized carbons (Fsp3) is 0.0526. The Bertz CT molecular complexity index is 923. The molecule has 1 aliphatic heterocycles. The number of aromatic nitrogens is 1. The summed E-state index contributed by atoms with van der Waals surface area (Å²) in [4.78, 5) is 34.3. The second kappa shape index (κ2) is 7.79. The minimum atomic E-state index is -1.02. The first-order chi connectivity index (χ1) is 12.6. The van der Waals surface area contributed by atoms with E-state index < -0.39 is 5.97 Å². The fourth-order valence-electron chi connectivity index (χ4n) is 2.31. The Morgan fingerprint density at radius 2 is 2.08 bits per heavy atom. The first-order valence-electron chi connectivity index (χ1n) is 7.73. The average Bonchev–Trinajstić information content (AvgIpc) is 2.92. The van der Waals surface area contributed by atoms with Gasteiger partial charge in [-0.05, 0) is 53.7 Å². The van der Waals surface area contributed by atoms with Crippen LogP contribution in [0.25, 0.3) is 6.08 Å². The number of pyridine rings is 1. The maximum atomic E-state index is 12.7. The summed E-state index contributed by atoms with van der Waals surface area (Å²) in [6.45, 7) is 4.00. The van der Waals surface area contributed by atoms with Crippen molar-refractivity contribution >= 4 is 40.6 Å². The molecule has 1 saturated heterocycles. The maximum Gasteiger partial charge on any atom is 0.335 e. The van der Waals surface area contributed by atoms with Crippen molar-refractivity contribution in [2.75, 3.05) is 6.54 Å². The molecule has 2 heterocycles. The molecule has 0 aliphatic carbocycles. The summed E-state index contributed by atoms with van der Waals surface area (Å²) in [5.74, 6) is -1.19. The molecule has 3 rings (SSSR count). The van der Waals surface area contributed by atoms with E-state index in [0.29, 0.717) is 22.3 Å². The molecule has 1 amide bonds. The fourth-order valence-corrected chi connectivity index (χ4v) is 3.32. The van der Waals surface area contributed by atoms with Crippen molar-refractivity contribution in [3.63, 3.8) is 0 Å². The van der Waals surface area contributed by atoms with E-state index in [2.05, 4.69) is 16.6 Å². The number of hydrogen-bond acceptors (Lipinski definition) is 5. The van der Waals surface area contributed by atoms with Gasteiger partial charge in [0.15, 0.2) is 5.17 Å². The summed E-state index contributed by atoms with van der Waals surface area (Å²) in [6, 6.07) is 9.90. The van der Waals surface area contributed by atoms with E-state index in [4.69, 9.17) is 5.11 Å². The molecular formula is C19H15N3O3S. The molecule has 130 valence electrons. The van der Waals surface area contributed by atoms with Crippen molar-refractivity contribution in [1.82, 2.24) is 9.88 Å². The molecule has 2 aromatic rings. The highest BCUT2D eigenvalue weighted by Crippen LogP contribution is 2.34. The van der Waals surface area contributed by atoms with Crippen LogP contribution in [0.5, 0.6) is 0 Å². The van der Waals surface area contributed by atoms with Crippen molar-refractivity contribution in [3.8, 4) is 0 Å². The number of carbonyl (C=O) groups excluding carboxylic acids is 1. The number of nitrogens with zero attached hydrogens (tertiary/aromatic N) is 3. The molecule has 1 aliphatic rings. The monoisotopic (exact) mass is 365 g/mol. The van der Waals surface area contributed by atoms with Crippen LogP contribution in [0, 0.1) is 0 Å². The number of benzene rings is 1. The van der Waals surface area contributed by atoms with E-state index in [1.165, 1.54) is 28.8 Å². The zero-order valence-corrected chi connectivity index (χ0v) is 14.5. The molecule has 1 fully saturated rings. The van der Waals surface area contributed by atoms with Crippen molar-refractivity contribution < 1.29 is 14.7 Å². The number of rotatable bonds is 5. The van der Waals surface area contributed by atoms with Crippen LogP contribution in [0.3, 0.4) is 0 Å². The molecule has 0 radical (unpaired) electrons. The first kappa shape index (κ1) is 17.6. The van der Waals surface area contributed by atoms with Gasteiger partial charge in [0.2, 0.25) is 0 Å². The molecule has 1 aromatic carbocycles. The molecule has 0 spiro atoms. The number of carboxylic acids is 1. The standard InChI is InChI=1S/C19H15N3O3S/c1-2-10-22-17(23)16(11-13-6-8-20-9-7-13)26-19(22)21-15-5-3-4-14(12-15)18(24)25/h2-9,11-12H,1,10H2,(H,24,25)/b16-11-,21-19?. The topological polar surface area (TPSA) is 82.9 Å². The van der Waals surface area contributed by atoms with Crippen molar-refractivity contribution in [3.05, 3.63) is 77.5 Å². The Morgan fingerprint density at radius 1 is 1.31 bits per heavy atom. The van der Waals surface area contributed by atoms with Gasteiger partial charge in [-0.2, -0.15) is 0 Å². The Morgan fingerprint density at radius 3 is 2.77 bits per heavy atom. The van der Waals surface area contributed by atoms with E-state index in [1.54, 1.807) is 36.7 Å². The summed E-state index contributed by atoms with van der Waals surface area (Å²) in [5.41, 5.74) is 1.48. The number of hydrogen-bond donors (Lipinski definition) is 1. The number of amides is 1. The molecule has 26 heavy (non-hydrogen) atoms. The van der Waals surface area contributed by atoms with Crippen LogP contribution in [-0.4, -0.2) is 38.6 Å². The van der Waals surface area contributed by atoms with Crippen LogP contribution >= 0.6 is 11.8 Å². The van der Waals surface area contributed by atoms with Gasteiger partial charge in [0.25, 0.3) is 5.91 Å². The smallest absolute Gasteiger partial charge is 0.335 e. The average molecular weight is 365 g/mol. The Hall–Kier alpha value is -3.19. The Balaban J connectivity index is 1.96. The summed E-state index contributed by atoms with van der Waals surface area (Å²) in [5, 5.41) is 9.59. The molecule has 6 nitrogen and oxygen atoms in total. The van der Waals surface area contributed by atoms with E-state index in [-0.39, 0.29) is 11.5 Å². The van der Waals surface area contributed by atoms with Gasteiger partial charge < -0.3 is 5.11 Å². The first-order valence-corrected chi connectivity index (χ1v) is 8.54. The van der Waals surface area contributed by atoms with E-state index in [1.807, 2.05) is 12.1 Å². The Labute approximate surface area is 154 Å². The highest BCUT2D eigenvalue weighted by atomic mass is 32.2. The quantitative estimate of drug-likeness (QED) is 0.647. The molecule has 1 aromatic heterocycles. The summed E-state index contributed by atoms with van der Waals surface area (Å²) in [6.07, 6.45) is 6.72. The normalized spacial score (nSPS) is 17.1. The number of amidine groups is 1. The predicted molar refractivity (Wildman–Crippen MR) is 102 cm³/mol. The molecule has 0 saturated carbocycles. The van der Waals surface area contributed by atoms with Gasteiger partial charge in [0.05, 0.1) is 16.2 Å². The third kappa shape index (κ3) is 3.89. The highest BCUT2D eigenvalue weighted by molar-refractivity contribution is 8.18. The third-order valence-electron chi connectivity index (χ3n) is 3.52. The van der Waals surface area contributed by atoms with Gasteiger partial charge in [-0.3, -0.25) is 14.7 Å². The second-order valence-electron chi connectivity index (χ2n) is 5.35. The largest absolute Gasteiger partial charge is 0.478 e. The lowest BCUT2D eigenvalue weighted by Crippen LogP contribution is -2.29.